The van der Waals surface area contributed by atoms with Gasteiger partial charge in [0.25, 0.3) is 0 Å². The van der Waals surface area contributed by atoms with Crippen LogP contribution in [0.3, 0.4) is 0 Å². The number of nitrogens with zero attached hydrogens (tertiary/aromatic N) is 1. The van der Waals surface area contributed by atoms with E-state index in [2.05, 4.69) is 40.3 Å². The van der Waals surface area contributed by atoms with E-state index >= 15 is 0 Å². The fourth-order valence-corrected chi connectivity index (χ4v) is 3.04. The molecule has 0 aliphatic heterocycles. The van der Waals surface area contributed by atoms with E-state index in [1.54, 1.807) is 22.7 Å². The van der Waals surface area contributed by atoms with Crippen molar-refractivity contribution in [3.05, 3.63) is 33.8 Å². The molecule has 2 rings (SSSR count). The standard InChI is InChI=1S/C12H12N2S2/c13-4-2-5-14-8-11-7-10(9-16-11)12-3-1-6-15-12/h1,3,6-7,9,14H,2,5,8H2. The van der Waals surface area contributed by atoms with Gasteiger partial charge in [0.05, 0.1) is 6.07 Å². The Bertz CT molecular complexity index is 465. The summed E-state index contributed by atoms with van der Waals surface area (Å²) in [6.45, 7) is 1.63. The summed E-state index contributed by atoms with van der Waals surface area (Å²) >= 11 is 3.53. The number of rotatable bonds is 5. The van der Waals surface area contributed by atoms with Gasteiger partial charge in [0.2, 0.25) is 0 Å². The Labute approximate surface area is 103 Å². The van der Waals surface area contributed by atoms with Gasteiger partial charge in [0, 0.05) is 34.8 Å². The summed E-state index contributed by atoms with van der Waals surface area (Å²) in [5.74, 6) is 0. The molecule has 0 bridgehead atoms. The number of nitrogens with one attached hydrogen (secondary N) is 1. The number of nitriles is 1. The first-order valence-corrected chi connectivity index (χ1v) is 6.85. The second-order valence-corrected chi connectivity index (χ2v) is 5.31. The highest BCUT2D eigenvalue weighted by Gasteiger charge is 2.02. The second kappa shape index (κ2) is 5.80. The molecule has 2 heterocycles. The number of hydrogen-bond acceptors (Lipinski definition) is 4. The highest BCUT2D eigenvalue weighted by molar-refractivity contribution is 7.14. The van der Waals surface area contributed by atoms with Crippen LogP contribution in [-0.4, -0.2) is 6.54 Å². The largest absolute Gasteiger partial charge is 0.311 e. The molecule has 2 aromatic heterocycles. The first kappa shape index (κ1) is 11.3. The molecule has 0 unspecified atom stereocenters. The maximum Gasteiger partial charge on any atom is 0.0635 e. The van der Waals surface area contributed by atoms with Crippen LogP contribution in [0.2, 0.25) is 0 Å². The third-order valence-electron chi connectivity index (χ3n) is 2.17. The smallest absolute Gasteiger partial charge is 0.0635 e. The summed E-state index contributed by atoms with van der Waals surface area (Å²) in [6, 6.07) is 8.55. The van der Waals surface area contributed by atoms with Crippen LogP contribution >= 0.6 is 22.7 Å². The van der Waals surface area contributed by atoms with Gasteiger partial charge in [-0.1, -0.05) is 6.07 Å². The summed E-state index contributed by atoms with van der Waals surface area (Å²) in [4.78, 5) is 2.64. The Balaban J connectivity index is 1.91. The van der Waals surface area contributed by atoms with Crippen molar-refractivity contribution in [2.45, 2.75) is 13.0 Å². The van der Waals surface area contributed by atoms with E-state index in [4.69, 9.17) is 5.26 Å². The van der Waals surface area contributed by atoms with Crippen LogP contribution in [0.15, 0.2) is 29.0 Å². The monoisotopic (exact) mass is 248 g/mol. The van der Waals surface area contributed by atoms with Gasteiger partial charge < -0.3 is 5.32 Å². The second-order valence-electron chi connectivity index (χ2n) is 3.36. The van der Waals surface area contributed by atoms with Gasteiger partial charge >= 0.3 is 0 Å². The van der Waals surface area contributed by atoms with E-state index in [0.717, 1.165) is 13.1 Å². The third-order valence-corrected chi connectivity index (χ3v) is 4.03. The van der Waals surface area contributed by atoms with E-state index in [1.165, 1.54) is 15.3 Å². The molecule has 2 aromatic rings. The highest BCUT2D eigenvalue weighted by atomic mass is 32.1. The molecule has 2 nitrogen and oxygen atoms in total. The van der Waals surface area contributed by atoms with Gasteiger partial charge in [0.1, 0.15) is 0 Å². The van der Waals surface area contributed by atoms with Crippen molar-refractivity contribution in [1.29, 1.82) is 5.26 Å². The number of hydrogen-bond donors (Lipinski definition) is 1. The molecular weight excluding hydrogens is 236 g/mol. The minimum Gasteiger partial charge on any atom is -0.311 e. The molecule has 4 heteroatoms. The predicted octanol–water partition coefficient (Wildman–Crippen LogP) is 3.48. The van der Waals surface area contributed by atoms with E-state index in [9.17, 15) is 0 Å². The quantitative estimate of drug-likeness (QED) is 0.822. The fourth-order valence-electron chi connectivity index (χ4n) is 1.40. The first-order valence-electron chi connectivity index (χ1n) is 5.09. The van der Waals surface area contributed by atoms with Crippen LogP contribution < -0.4 is 5.32 Å². The zero-order valence-corrected chi connectivity index (χ0v) is 10.4. The maximum absolute atomic E-state index is 8.41. The van der Waals surface area contributed by atoms with Crippen LogP contribution in [0.4, 0.5) is 0 Å². The molecule has 82 valence electrons. The van der Waals surface area contributed by atoms with E-state index in [1.807, 2.05) is 0 Å². The predicted molar refractivity (Wildman–Crippen MR) is 69.6 cm³/mol. The van der Waals surface area contributed by atoms with Crippen molar-refractivity contribution in [2.24, 2.45) is 0 Å². The maximum atomic E-state index is 8.41. The van der Waals surface area contributed by atoms with Crippen molar-refractivity contribution in [1.82, 2.24) is 5.32 Å². The molecule has 0 saturated heterocycles. The molecule has 0 aliphatic carbocycles. The van der Waals surface area contributed by atoms with Gasteiger partial charge in [0.15, 0.2) is 0 Å². The molecule has 0 radical (unpaired) electrons. The van der Waals surface area contributed by atoms with Gasteiger partial charge in [-0.05, 0) is 22.9 Å². The topological polar surface area (TPSA) is 35.8 Å². The molecule has 0 amide bonds. The summed E-state index contributed by atoms with van der Waals surface area (Å²) in [6.07, 6.45) is 0.573. The van der Waals surface area contributed by atoms with Crippen molar-refractivity contribution >= 4 is 22.7 Å². The minimum absolute atomic E-state index is 0.573. The van der Waals surface area contributed by atoms with Crippen LogP contribution in [-0.2, 0) is 6.54 Å². The summed E-state index contributed by atoms with van der Waals surface area (Å²) in [5, 5.41) is 15.9. The lowest BCUT2D eigenvalue weighted by Crippen LogP contribution is -2.12. The normalized spacial score (nSPS) is 10.2. The molecule has 1 N–H and O–H groups in total. The zero-order chi connectivity index (χ0) is 11.2. The molecule has 0 atom stereocenters. The lowest BCUT2D eigenvalue weighted by Gasteiger charge is -1.97. The molecule has 16 heavy (non-hydrogen) atoms. The summed E-state index contributed by atoms with van der Waals surface area (Å²) in [5.41, 5.74) is 1.30. The summed E-state index contributed by atoms with van der Waals surface area (Å²) < 4.78 is 0. The Morgan fingerprint density at radius 3 is 3.06 bits per heavy atom. The van der Waals surface area contributed by atoms with E-state index in [-0.39, 0.29) is 0 Å². The SMILES string of the molecule is N#CCCNCc1cc(-c2cccs2)cs1. The van der Waals surface area contributed by atoms with Gasteiger partial charge in [-0.15, -0.1) is 22.7 Å². The van der Waals surface area contributed by atoms with Crippen LogP contribution in [0, 0.1) is 11.3 Å². The van der Waals surface area contributed by atoms with Crippen LogP contribution in [0.25, 0.3) is 10.4 Å². The summed E-state index contributed by atoms with van der Waals surface area (Å²) in [7, 11) is 0. The minimum atomic E-state index is 0.573. The lowest BCUT2D eigenvalue weighted by molar-refractivity contribution is 0.706. The Morgan fingerprint density at radius 1 is 1.38 bits per heavy atom. The molecule has 0 fully saturated rings. The molecular formula is C12H12N2S2. The van der Waals surface area contributed by atoms with E-state index in [0.29, 0.717) is 6.42 Å². The van der Waals surface area contributed by atoms with Crippen LogP contribution in [0.1, 0.15) is 11.3 Å². The third kappa shape index (κ3) is 2.92. The Kier molecular flexibility index (Phi) is 4.11. The van der Waals surface area contributed by atoms with Crippen LogP contribution in [0.5, 0.6) is 0 Å². The molecule has 0 saturated carbocycles. The van der Waals surface area contributed by atoms with Crippen molar-refractivity contribution in [3.8, 4) is 16.5 Å². The zero-order valence-electron chi connectivity index (χ0n) is 8.77. The fraction of sp³-hybridized carbons (Fsp3) is 0.250. The van der Waals surface area contributed by atoms with Crippen molar-refractivity contribution in [2.75, 3.05) is 6.54 Å². The number of thiophene rings is 2. The average Bonchev–Trinajstić information content (AvgIpc) is 2.94. The Hall–Kier alpha value is -1.15. The highest BCUT2D eigenvalue weighted by Crippen LogP contribution is 2.29. The van der Waals surface area contributed by atoms with Crippen molar-refractivity contribution < 1.29 is 0 Å². The molecule has 0 aromatic carbocycles. The Morgan fingerprint density at radius 2 is 2.31 bits per heavy atom. The average molecular weight is 248 g/mol. The van der Waals surface area contributed by atoms with Gasteiger partial charge in [-0.25, -0.2) is 0 Å². The molecule has 0 spiro atoms. The first-order chi connectivity index (χ1) is 7.90. The lowest BCUT2D eigenvalue weighted by atomic mass is 10.2. The molecule has 0 aliphatic rings. The van der Waals surface area contributed by atoms with Gasteiger partial charge in [-0.2, -0.15) is 5.26 Å². The van der Waals surface area contributed by atoms with Crippen molar-refractivity contribution in [3.63, 3.8) is 0 Å². The van der Waals surface area contributed by atoms with E-state index < -0.39 is 0 Å². The van der Waals surface area contributed by atoms with Gasteiger partial charge in [-0.3, -0.25) is 0 Å².